The highest BCUT2D eigenvalue weighted by molar-refractivity contribution is 5.86. The normalized spacial score (nSPS) is 15.3. The molecule has 2 N–H and O–H groups in total. The molecule has 2 rings (SSSR count). The zero-order valence-electron chi connectivity index (χ0n) is 11.7. The minimum Gasteiger partial charge on any atom is -0.367 e. The predicted molar refractivity (Wildman–Crippen MR) is 79.2 cm³/mol. The zero-order valence-corrected chi connectivity index (χ0v) is 11.7. The lowest BCUT2D eigenvalue weighted by Gasteiger charge is -2.35. The number of rotatable bonds is 5. The Hall–Kier alpha value is -2.13. The lowest BCUT2D eigenvalue weighted by molar-refractivity contribution is -0.144. The smallest absolute Gasteiger partial charge is 0.254 e. The Labute approximate surface area is 119 Å². The first kappa shape index (κ1) is 14.3. The number of carbonyl (C=O) groups excluding carboxylic acids is 1. The summed E-state index contributed by atoms with van der Waals surface area (Å²) in [5.74, 6) is -0.670. The third-order valence-electron chi connectivity index (χ3n) is 3.80. The van der Waals surface area contributed by atoms with Crippen LogP contribution in [0.5, 0.6) is 0 Å². The summed E-state index contributed by atoms with van der Waals surface area (Å²) in [5.41, 5.74) is 6.31. The molecule has 0 aliphatic heterocycles. The molecule has 3 nitrogen and oxygen atoms in total. The number of methoxy groups -OCH3 is 1. The quantitative estimate of drug-likeness (QED) is 0.907. The second-order valence-corrected chi connectivity index (χ2v) is 4.80. The Morgan fingerprint density at radius 1 is 1.05 bits per heavy atom. The lowest BCUT2D eigenvalue weighted by atomic mass is 9.77. The van der Waals surface area contributed by atoms with Gasteiger partial charge in [0.15, 0.2) is 5.60 Å². The average molecular weight is 269 g/mol. The number of carbonyl (C=O) groups is 1. The van der Waals surface area contributed by atoms with Gasteiger partial charge in [0, 0.05) is 13.0 Å². The van der Waals surface area contributed by atoms with Crippen molar-refractivity contribution in [3.05, 3.63) is 71.8 Å². The van der Waals surface area contributed by atoms with E-state index in [2.05, 4.69) is 0 Å². The highest BCUT2D eigenvalue weighted by Crippen LogP contribution is 2.39. The number of primary amides is 1. The Kier molecular flexibility index (Phi) is 4.20. The van der Waals surface area contributed by atoms with E-state index in [1.54, 1.807) is 0 Å². The SMILES string of the molecule is COC(C(N)=O)(c1ccccc1)C(C)c1ccccc1. The number of ether oxygens (including phenoxy) is 1. The molecule has 0 heterocycles. The fraction of sp³-hybridized carbons (Fsp3) is 0.235. The van der Waals surface area contributed by atoms with E-state index in [0.717, 1.165) is 11.1 Å². The molecule has 2 unspecified atom stereocenters. The van der Waals surface area contributed by atoms with E-state index in [9.17, 15) is 4.79 Å². The molecule has 0 aromatic heterocycles. The van der Waals surface area contributed by atoms with Gasteiger partial charge < -0.3 is 10.5 Å². The molecular weight excluding hydrogens is 250 g/mol. The number of hydrogen-bond acceptors (Lipinski definition) is 2. The molecule has 0 bridgehead atoms. The molecule has 2 atom stereocenters. The fourth-order valence-electron chi connectivity index (χ4n) is 2.66. The van der Waals surface area contributed by atoms with Crippen molar-refractivity contribution in [2.24, 2.45) is 5.73 Å². The van der Waals surface area contributed by atoms with E-state index in [1.807, 2.05) is 67.6 Å². The van der Waals surface area contributed by atoms with Crippen LogP contribution in [0.15, 0.2) is 60.7 Å². The van der Waals surface area contributed by atoms with E-state index in [0.29, 0.717) is 0 Å². The summed E-state index contributed by atoms with van der Waals surface area (Å²) in [6.07, 6.45) is 0. The van der Waals surface area contributed by atoms with E-state index in [-0.39, 0.29) is 5.92 Å². The summed E-state index contributed by atoms with van der Waals surface area (Å²) in [4.78, 5) is 12.2. The monoisotopic (exact) mass is 269 g/mol. The molecule has 0 fully saturated rings. The molecule has 20 heavy (non-hydrogen) atoms. The topological polar surface area (TPSA) is 52.3 Å². The van der Waals surface area contributed by atoms with Crippen molar-refractivity contribution in [3.8, 4) is 0 Å². The Balaban J connectivity index is 2.56. The largest absolute Gasteiger partial charge is 0.367 e. The van der Waals surface area contributed by atoms with Crippen LogP contribution in [0, 0.1) is 0 Å². The number of amides is 1. The number of benzene rings is 2. The molecule has 0 aliphatic carbocycles. The third kappa shape index (κ3) is 2.32. The van der Waals surface area contributed by atoms with Crippen LogP contribution < -0.4 is 5.73 Å². The number of nitrogens with two attached hydrogens (primary N) is 1. The van der Waals surface area contributed by atoms with Crippen molar-refractivity contribution in [3.63, 3.8) is 0 Å². The van der Waals surface area contributed by atoms with E-state index in [4.69, 9.17) is 10.5 Å². The maximum absolute atomic E-state index is 12.2. The molecule has 0 spiro atoms. The molecule has 104 valence electrons. The molecule has 0 saturated heterocycles. The average Bonchev–Trinajstić information content (AvgIpc) is 2.50. The molecule has 2 aromatic rings. The van der Waals surface area contributed by atoms with Crippen molar-refractivity contribution >= 4 is 5.91 Å². The van der Waals surface area contributed by atoms with Crippen LogP contribution in [0.2, 0.25) is 0 Å². The highest BCUT2D eigenvalue weighted by Gasteiger charge is 2.44. The number of hydrogen-bond donors (Lipinski definition) is 1. The summed E-state index contributed by atoms with van der Waals surface area (Å²) >= 11 is 0. The Bertz CT molecular complexity index is 568. The molecule has 2 aromatic carbocycles. The first-order valence-electron chi connectivity index (χ1n) is 6.58. The maximum atomic E-state index is 12.2. The second-order valence-electron chi connectivity index (χ2n) is 4.80. The van der Waals surface area contributed by atoms with Gasteiger partial charge in [-0.15, -0.1) is 0 Å². The third-order valence-corrected chi connectivity index (χ3v) is 3.80. The van der Waals surface area contributed by atoms with Crippen LogP contribution >= 0.6 is 0 Å². The van der Waals surface area contributed by atoms with Gasteiger partial charge in [0.25, 0.3) is 5.91 Å². The van der Waals surface area contributed by atoms with Crippen LogP contribution in [0.25, 0.3) is 0 Å². The fourth-order valence-corrected chi connectivity index (χ4v) is 2.66. The van der Waals surface area contributed by atoms with Gasteiger partial charge in [0.05, 0.1) is 0 Å². The first-order chi connectivity index (χ1) is 9.63. The Morgan fingerprint density at radius 3 is 2.00 bits per heavy atom. The molecule has 3 heteroatoms. The standard InChI is InChI=1S/C17H19NO2/c1-13(14-9-5-3-6-10-14)17(20-2,16(18)19)15-11-7-4-8-12-15/h3-13H,1-2H3,(H2,18,19). The van der Waals surface area contributed by atoms with E-state index < -0.39 is 11.5 Å². The molecule has 0 radical (unpaired) electrons. The lowest BCUT2D eigenvalue weighted by Crippen LogP contribution is -2.47. The summed E-state index contributed by atoms with van der Waals surface area (Å²) in [7, 11) is 1.52. The second kappa shape index (κ2) is 5.88. The van der Waals surface area contributed by atoms with Crippen molar-refractivity contribution in [2.75, 3.05) is 7.11 Å². The molecule has 0 aliphatic rings. The predicted octanol–water partition coefficient (Wildman–Crippen LogP) is 2.82. The summed E-state index contributed by atoms with van der Waals surface area (Å²) in [6.45, 7) is 1.95. The van der Waals surface area contributed by atoms with Gasteiger partial charge >= 0.3 is 0 Å². The van der Waals surface area contributed by atoms with Gasteiger partial charge in [-0.05, 0) is 11.1 Å². The molecular formula is C17H19NO2. The minimum absolute atomic E-state index is 0.186. The van der Waals surface area contributed by atoms with Crippen molar-refractivity contribution in [2.45, 2.75) is 18.4 Å². The van der Waals surface area contributed by atoms with E-state index >= 15 is 0 Å². The van der Waals surface area contributed by atoms with Gasteiger partial charge in [-0.1, -0.05) is 67.6 Å². The van der Waals surface area contributed by atoms with Crippen LogP contribution in [0.1, 0.15) is 24.0 Å². The summed E-state index contributed by atoms with van der Waals surface area (Å²) in [5, 5.41) is 0. The van der Waals surface area contributed by atoms with E-state index in [1.165, 1.54) is 7.11 Å². The van der Waals surface area contributed by atoms with Gasteiger partial charge in [-0.3, -0.25) is 4.79 Å². The summed E-state index contributed by atoms with van der Waals surface area (Å²) < 4.78 is 5.63. The van der Waals surface area contributed by atoms with Crippen LogP contribution in [0.4, 0.5) is 0 Å². The maximum Gasteiger partial charge on any atom is 0.254 e. The molecule has 0 saturated carbocycles. The van der Waals surface area contributed by atoms with Crippen LogP contribution in [0.3, 0.4) is 0 Å². The first-order valence-corrected chi connectivity index (χ1v) is 6.58. The van der Waals surface area contributed by atoms with Gasteiger partial charge in [0.1, 0.15) is 0 Å². The zero-order chi connectivity index (χ0) is 14.6. The van der Waals surface area contributed by atoms with Crippen LogP contribution in [-0.4, -0.2) is 13.0 Å². The summed E-state index contributed by atoms with van der Waals surface area (Å²) in [6, 6.07) is 19.2. The minimum atomic E-state index is -1.16. The van der Waals surface area contributed by atoms with Gasteiger partial charge in [0.2, 0.25) is 0 Å². The molecule has 1 amide bonds. The van der Waals surface area contributed by atoms with Crippen molar-refractivity contribution < 1.29 is 9.53 Å². The van der Waals surface area contributed by atoms with Gasteiger partial charge in [-0.2, -0.15) is 0 Å². The van der Waals surface area contributed by atoms with Gasteiger partial charge in [-0.25, -0.2) is 0 Å². The van der Waals surface area contributed by atoms with Crippen LogP contribution in [-0.2, 0) is 15.1 Å². The Morgan fingerprint density at radius 2 is 1.55 bits per heavy atom. The van der Waals surface area contributed by atoms with Crippen molar-refractivity contribution in [1.82, 2.24) is 0 Å². The highest BCUT2D eigenvalue weighted by atomic mass is 16.5. The van der Waals surface area contributed by atoms with Crippen molar-refractivity contribution in [1.29, 1.82) is 0 Å².